The van der Waals surface area contributed by atoms with Crippen LogP contribution in [-0.2, 0) is 6.42 Å². The molecule has 0 aliphatic heterocycles. The number of nitro benzene ring substituents is 1. The fraction of sp³-hybridized carbons (Fsp3) is 0.231. The minimum absolute atomic E-state index is 0.0157. The lowest BCUT2D eigenvalue weighted by atomic mass is 10.1. The Kier molecular flexibility index (Phi) is 4.54. The minimum Gasteiger partial charge on any atom is -0.258 e. The second-order valence-electron chi connectivity index (χ2n) is 4.21. The van der Waals surface area contributed by atoms with Gasteiger partial charge in [0.25, 0.3) is 5.69 Å². The Bertz CT molecular complexity index is 692. The maximum atomic E-state index is 10.9. The third-order valence-corrected chi connectivity index (χ3v) is 4.61. The standard InChI is InChI=1S/C13H11ClIN3O2/c1-3-10-11(15)12(14)17-13(16-10)9-6-8(18(19)20)5-4-7(9)2/h4-6H,3H2,1-2H3. The molecule has 0 fully saturated rings. The number of nitrogens with zero attached hydrogens (tertiary/aromatic N) is 3. The number of non-ortho nitro benzene ring substituents is 1. The van der Waals surface area contributed by atoms with Crippen LogP contribution in [0.3, 0.4) is 0 Å². The van der Waals surface area contributed by atoms with Gasteiger partial charge in [-0.05, 0) is 41.5 Å². The van der Waals surface area contributed by atoms with E-state index in [2.05, 4.69) is 32.6 Å². The number of hydrogen-bond donors (Lipinski definition) is 0. The molecule has 0 saturated heterocycles. The number of benzene rings is 1. The van der Waals surface area contributed by atoms with Crippen molar-refractivity contribution in [3.8, 4) is 11.4 Å². The van der Waals surface area contributed by atoms with Crippen molar-refractivity contribution in [2.75, 3.05) is 0 Å². The normalized spacial score (nSPS) is 10.6. The van der Waals surface area contributed by atoms with Crippen LogP contribution in [0.25, 0.3) is 11.4 Å². The molecular weight excluding hydrogens is 393 g/mol. The van der Waals surface area contributed by atoms with Crippen LogP contribution in [0.1, 0.15) is 18.2 Å². The van der Waals surface area contributed by atoms with Gasteiger partial charge in [-0.2, -0.15) is 0 Å². The van der Waals surface area contributed by atoms with E-state index in [1.807, 2.05) is 13.8 Å². The first-order valence-corrected chi connectivity index (χ1v) is 7.37. The fourth-order valence-corrected chi connectivity index (χ4v) is 2.59. The molecule has 2 aromatic rings. The summed E-state index contributed by atoms with van der Waals surface area (Å²) in [5.41, 5.74) is 2.36. The summed E-state index contributed by atoms with van der Waals surface area (Å²) >= 11 is 8.21. The zero-order valence-electron chi connectivity index (χ0n) is 10.9. The molecule has 0 bridgehead atoms. The molecule has 0 N–H and O–H groups in total. The summed E-state index contributed by atoms with van der Waals surface area (Å²) in [5, 5.41) is 11.3. The van der Waals surface area contributed by atoms with Crippen molar-refractivity contribution in [1.82, 2.24) is 9.97 Å². The van der Waals surface area contributed by atoms with Crippen LogP contribution in [0, 0.1) is 20.6 Å². The Morgan fingerprint density at radius 2 is 2.10 bits per heavy atom. The molecule has 5 nitrogen and oxygen atoms in total. The minimum atomic E-state index is -0.433. The van der Waals surface area contributed by atoms with Crippen molar-refractivity contribution >= 4 is 39.9 Å². The van der Waals surface area contributed by atoms with E-state index in [1.165, 1.54) is 12.1 Å². The Morgan fingerprint density at radius 3 is 2.70 bits per heavy atom. The van der Waals surface area contributed by atoms with Crippen LogP contribution in [0.2, 0.25) is 5.15 Å². The largest absolute Gasteiger partial charge is 0.270 e. The van der Waals surface area contributed by atoms with E-state index in [0.717, 1.165) is 21.2 Å². The molecule has 1 heterocycles. The van der Waals surface area contributed by atoms with Gasteiger partial charge >= 0.3 is 0 Å². The summed E-state index contributed by atoms with van der Waals surface area (Å²) in [4.78, 5) is 19.1. The maximum Gasteiger partial charge on any atom is 0.270 e. The number of rotatable bonds is 3. The molecule has 2 rings (SSSR count). The van der Waals surface area contributed by atoms with E-state index >= 15 is 0 Å². The molecule has 1 aromatic heterocycles. The van der Waals surface area contributed by atoms with Gasteiger partial charge in [-0.15, -0.1) is 0 Å². The van der Waals surface area contributed by atoms with Crippen molar-refractivity contribution < 1.29 is 4.92 Å². The van der Waals surface area contributed by atoms with E-state index in [0.29, 0.717) is 16.5 Å². The van der Waals surface area contributed by atoms with E-state index in [-0.39, 0.29) is 5.69 Å². The number of hydrogen-bond acceptors (Lipinski definition) is 4. The van der Waals surface area contributed by atoms with Crippen molar-refractivity contribution in [1.29, 1.82) is 0 Å². The Morgan fingerprint density at radius 1 is 1.40 bits per heavy atom. The van der Waals surface area contributed by atoms with Gasteiger partial charge in [0.15, 0.2) is 5.82 Å². The summed E-state index contributed by atoms with van der Waals surface area (Å²) in [6, 6.07) is 4.63. The molecule has 104 valence electrons. The molecule has 0 aliphatic carbocycles. The lowest BCUT2D eigenvalue weighted by Gasteiger charge is -2.08. The predicted octanol–water partition coefficient (Wildman–Crippen LogP) is 4.18. The SMILES string of the molecule is CCc1nc(-c2cc([N+](=O)[O-])ccc2C)nc(Cl)c1I. The van der Waals surface area contributed by atoms with Gasteiger partial charge in [-0.1, -0.05) is 24.6 Å². The highest BCUT2D eigenvalue weighted by Gasteiger charge is 2.15. The van der Waals surface area contributed by atoms with Gasteiger partial charge in [0, 0.05) is 17.7 Å². The number of aromatic nitrogens is 2. The van der Waals surface area contributed by atoms with Gasteiger partial charge in [-0.25, -0.2) is 9.97 Å². The van der Waals surface area contributed by atoms with Crippen LogP contribution >= 0.6 is 34.2 Å². The van der Waals surface area contributed by atoms with E-state index in [4.69, 9.17) is 11.6 Å². The topological polar surface area (TPSA) is 68.9 Å². The molecule has 0 saturated carbocycles. The first-order valence-electron chi connectivity index (χ1n) is 5.91. The molecule has 0 atom stereocenters. The highest BCUT2D eigenvalue weighted by Crippen LogP contribution is 2.28. The summed E-state index contributed by atoms with van der Waals surface area (Å²) < 4.78 is 0.818. The third kappa shape index (κ3) is 2.90. The van der Waals surface area contributed by atoms with Gasteiger partial charge in [0.2, 0.25) is 0 Å². The van der Waals surface area contributed by atoms with Gasteiger partial charge in [0.1, 0.15) is 5.15 Å². The predicted molar refractivity (Wildman–Crippen MR) is 86.0 cm³/mol. The first-order chi connectivity index (χ1) is 9.43. The Labute approximate surface area is 134 Å². The van der Waals surface area contributed by atoms with Crippen LogP contribution < -0.4 is 0 Å². The van der Waals surface area contributed by atoms with Crippen LogP contribution in [0.5, 0.6) is 0 Å². The van der Waals surface area contributed by atoms with Crippen molar-refractivity contribution in [2.24, 2.45) is 0 Å². The first kappa shape index (κ1) is 15.1. The van der Waals surface area contributed by atoms with E-state index in [9.17, 15) is 10.1 Å². The lowest BCUT2D eigenvalue weighted by Crippen LogP contribution is -2.01. The second kappa shape index (κ2) is 6.01. The second-order valence-corrected chi connectivity index (χ2v) is 5.65. The highest BCUT2D eigenvalue weighted by molar-refractivity contribution is 14.1. The van der Waals surface area contributed by atoms with Gasteiger partial charge < -0.3 is 0 Å². The molecule has 0 radical (unpaired) electrons. The van der Waals surface area contributed by atoms with Crippen LogP contribution in [0.15, 0.2) is 18.2 Å². The summed E-state index contributed by atoms with van der Waals surface area (Å²) in [7, 11) is 0. The molecule has 1 aromatic carbocycles. The fourth-order valence-electron chi connectivity index (χ4n) is 1.78. The molecule has 20 heavy (non-hydrogen) atoms. The summed E-state index contributed by atoms with van der Waals surface area (Å²) in [6.45, 7) is 3.84. The van der Waals surface area contributed by atoms with E-state index < -0.39 is 4.92 Å². The van der Waals surface area contributed by atoms with Gasteiger partial charge in [-0.3, -0.25) is 10.1 Å². The zero-order valence-corrected chi connectivity index (χ0v) is 13.8. The molecule has 0 amide bonds. The maximum absolute atomic E-state index is 10.9. The molecule has 7 heteroatoms. The van der Waals surface area contributed by atoms with Crippen molar-refractivity contribution in [3.05, 3.63) is 48.3 Å². The average Bonchev–Trinajstić information content (AvgIpc) is 2.42. The summed E-state index contributed by atoms with van der Waals surface area (Å²) in [5.74, 6) is 0.425. The quantitative estimate of drug-likeness (QED) is 0.334. The molecule has 0 spiro atoms. The van der Waals surface area contributed by atoms with Crippen LogP contribution in [0.4, 0.5) is 5.69 Å². The zero-order chi connectivity index (χ0) is 14.9. The van der Waals surface area contributed by atoms with Crippen molar-refractivity contribution in [3.63, 3.8) is 0 Å². The lowest BCUT2D eigenvalue weighted by molar-refractivity contribution is -0.384. The van der Waals surface area contributed by atoms with Crippen molar-refractivity contribution in [2.45, 2.75) is 20.3 Å². The Hall–Kier alpha value is -1.28. The monoisotopic (exact) mass is 403 g/mol. The molecule has 0 unspecified atom stereocenters. The highest BCUT2D eigenvalue weighted by atomic mass is 127. The van der Waals surface area contributed by atoms with E-state index in [1.54, 1.807) is 6.07 Å². The number of aryl methyl sites for hydroxylation is 2. The number of nitro groups is 1. The summed E-state index contributed by atoms with van der Waals surface area (Å²) in [6.07, 6.45) is 0.724. The molecular formula is C13H11ClIN3O2. The van der Waals surface area contributed by atoms with Crippen LogP contribution in [-0.4, -0.2) is 14.9 Å². The Balaban J connectivity index is 2.64. The average molecular weight is 404 g/mol. The smallest absolute Gasteiger partial charge is 0.258 e. The third-order valence-electron chi connectivity index (χ3n) is 2.89. The molecule has 0 aliphatic rings. The number of halogens is 2. The van der Waals surface area contributed by atoms with Gasteiger partial charge in [0.05, 0.1) is 14.2 Å².